The van der Waals surface area contributed by atoms with Gasteiger partial charge in [0.1, 0.15) is 0 Å². The van der Waals surface area contributed by atoms with Gasteiger partial charge in [0, 0.05) is 16.4 Å². The number of aryl methyl sites for hydroxylation is 1. The van der Waals surface area contributed by atoms with E-state index in [4.69, 9.17) is 0 Å². The molecule has 0 bridgehead atoms. The van der Waals surface area contributed by atoms with Crippen LogP contribution in [0, 0.1) is 6.92 Å². The minimum Gasteiger partial charge on any atom is -0.297 e. The lowest BCUT2D eigenvalue weighted by Gasteiger charge is -2.11. The zero-order chi connectivity index (χ0) is 17.3. The first kappa shape index (κ1) is 16.6. The number of thiophene rings is 1. The third kappa shape index (κ3) is 3.46. The second kappa shape index (κ2) is 6.33. The maximum absolute atomic E-state index is 13.0. The Labute approximate surface area is 143 Å². The number of alkyl halides is 3. The van der Waals surface area contributed by atoms with Crippen LogP contribution in [0.1, 0.15) is 20.8 Å². The molecule has 1 aromatic carbocycles. The molecular formula is C15H10F3N3OS2. The van der Waals surface area contributed by atoms with Gasteiger partial charge in [-0.1, -0.05) is 12.1 Å². The lowest BCUT2D eigenvalue weighted by molar-refractivity contribution is -0.137. The fourth-order valence-electron chi connectivity index (χ4n) is 2.02. The zero-order valence-electron chi connectivity index (χ0n) is 12.2. The molecule has 0 spiro atoms. The second-order valence-electron chi connectivity index (χ2n) is 4.83. The smallest absolute Gasteiger partial charge is 0.297 e. The number of hydrogen-bond donors (Lipinski definition) is 1. The average Bonchev–Trinajstić information content (AvgIpc) is 3.15. The van der Waals surface area contributed by atoms with E-state index in [1.54, 1.807) is 0 Å². The summed E-state index contributed by atoms with van der Waals surface area (Å²) in [6, 6.07) is 8.38. The molecule has 24 heavy (non-hydrogen) atoms. The number of aromatic nitrogens is 2. The van der Waals surface area contributed by atoms with Crippen LogP contribution in [-0.4, -0.2) is 15.3 Å². The van der Waals surface area contributed by atoms with E-state index in [1.165, 1.54) is 23.5 Å². The van der Waals surface area contributed by atoms with Gasteiger partial charge in [0.15, 0.2) is 5.82 Å². The number of anilines is 1. The Hall–Kier alpha value is -2.26. The molecule has 0 aliphatic carbocycles. The van der Waals surface area contributed by atoms with E-state index in [-0.39, 0.29) is 5.13 Å². The third-order valence-corrected chi connectivity index (χ3v) is 4.71. The normalized spacial score (nSPS) is 11.5. The first-order valence-corrected chi connectivity index (χ1v) is 8.31. The lowest BCUT2D eigenvalue weighted by Crippen LogP contribution is -2.18. The summed E-state index contributed by atoms with van der Waals surface area (Å²) in [5, 5.41) is 2.53. The first-order chi connectivity index (χ1) is 11.3. The molecule has 2 aromatic heterocycles. The van der Waals surface area contributed by atoms with Gasteiger partial charge in [0.2, 0.25) is 5.13 Å². The quantitative estimate of drug-likeness (QED) is 0.718. The molecule has 9 heteroatoms. The van der Waals surface area contributed by atoms with Gasteiger partial charge in [-0.25, -0.2) is 0 Å². The molecule has 0 unspecified atom stereocenters. The van der Waals surface area contributed by atoms with Crippen molar-refractivity contribution in [3.05, 3.63) is 52.4 Å². The molecule has 3 rings (SSSR count). The van der Waals surface area contributed by atoms with Gasteiger partial charge in [-0.05, 0) is 31.2 Å². The number of nitrogens with one attached hydrogen (secondary N) is 1. The summed E-state index contributed by atoms with van der Waals surface area (Å²) in [6.45, 7) is 1.94. The predicted molar refractivity (Wildman–Crippen MR) is 87.4 cm³/mol. The topological polar surface area (TPSA) is 54.9 Å². The number of hydrogen-bond acceptors (Lipinski definition) is 5. The molecule has 0 saturated carbocycles. The van der Waals surface area contributed by atoms with E-state index in [0.29, 0.717) is 5.82 Å². The van der Waals surface area contributed by atoms with E-state index >= 15 is 0 Å². The molecule has 3 aromatic rings. The Morgan fingerprint density at radius 3 is 2.58 bits per heavy atom. The van der Waals surface area contributed by atoms with E-state index in [2.05, 4.69) is 14.7 Å². The molecule has 0 saturated heterocycles. The van der Waals surface area contributed by atoms with Crippen molar-refractivity contribution in [3.8, 4) is 10.7 Å². The maximum atomic E-state index is 13.0. The van der Waals surface area contributed by atoms with Crippen LogP contribution in [0.2, 0.25) is 0 Å². The number of nitrogens with zero attached hydrogens (tertiary/aromatic N) is 2. The molecule has 0 aliphatic heterocycles. The fraction of sp³-hybridized carbons (Fsp3) is 0.133. The van der Waals surface area contributed by atoms with Gasteiger partial charge in [0.05, 0.1) is 16.0 Å². The van der Waals surface area contributed by atoms with Crippen molar-refractivity contribution in [1.29, 1.82) is 0 Å². The summed E-state index contributed by atoms with van der Waals surface area (Å²) in [5.74, 6) is -0.425. The van der Waals surface area contributed by atoms with Gasteiger partial charge < -0.3 is 0 Å². The van der Waals surface area contributed by atoms with Crippen molar-refractivity contribution >= 4 is 33.9 Å². The monoisotopic (exact) mass is 369 g/mol. The van der Waals surface area contributed by atoms with E-state index in [0.717, 1.165) is 33.4 Å². The van der Waals surface area contributed by atoms with Crippen LogP contribution >= 0.6 is 22.9 Å². The number of carbonyl (C=O) groups is 1. The van der Waals surface area contributed by atoms with Crippen LogP contribution < -0.4 is 5.32 Å². The summed E-state index contributed by atoms with van der Waals surface area (Å²) in [5.41, 5.74) is -1.44. The largest absolute Gasteiger partial charge is 0.417 e. The molecule has 1 N–H and O–H groups in total. The molecular weight excluding hydrogens is 359 g/mol. The van der Waals surface area contributed by atoms with Crippen LogP contribution in [-0.2, 0) is 6.18 Å². The first-order valence-electron chi connectivity index (χ1n) is 6.72. The van der Waals surface area contributed by atoms with Crippen molar-refractivity contribution in [2.45, 2.75) is 13.1 Å². The number of benzene rings is 1. The van der Waals surface area contributed by atoms with Crippen molar-refractivity contribution < 1.29 is 18.0 Å². The summed E-state index contributed by atoms with van der Waals surface area (Å²) in [4.78, 5) is 18.2. The van der Waals surface area contributed by atoms with Gasteiger partial charge in [-0.2, -0.15) is 22.5 Å². The summed E-state index contributed by atoms with van der Waals surface area (Å²) in [6.07, 6.45) is -4.60. The minimum atomic E-state index is -4.60. The predicted octanol–water partition coefficient (Wildman–Crippen LogP) is 4.85. The Morgan fingerprint density at radius 2 is 1.92 bits per heavy atom. The number of rotatable bonds is 3. The molecule has 1 amide bonds. The molecule has 4 nitrogen and oxygen atoms in total. The van der Waals surface area contributed by atoms with Crippen LogP contribution in [0.3, 0.4) is 0 Å². The minimum absolute atomic E-state index is 0.151. The highest BCUT2D eigenvalue weighted by Gasteiger charge is 2.35. The molecule has 0 atom stereocenters. The van der Waals surface area contributed by atoms with Crippen molar-refractivity contribution in [2.75, 3.05) is 5.32 Å². The van der Waals surface area contributed by atoms with E-state index in [1.807, 2.05) is 19.1 Å². The highest BCUT2D eigenvalue weighted by Crippen LogP contribution is 2.32. The Bertz CT molecular complexity index is 886. The standard InChI is InChI=1S/C15H10F3N3OS2/c1-8-6-7-11(23-8)12-19-14(24-21-12)20-13(22)9-4-2-3-5-10(9)15(16,17)18/h2-7H,1H3,(H,19,20,21,22). The second-order valence-corrected chi connectivity index (χ2v) is 6.87. The average molecular weight is 369 g/mol. The Morgan fingerprint density at radius 1 is 1.17 bits per heavy atom. The SMILES string of the molecule is Cc1ccc(-c2nsc(NC(=O)c3ccccc3C(F)(F)F)n2)s1. The summed E-state index contributed by atoms with van der Waals surface area (Å²) >= 11 is 2.42. The van der Waals surface area contributed by atoms with Gasteiger partial charge in [-0.15, -0.1) is 11.3 Å². The Kier molecular flexibility index (Phi) is 4.37. The maximum Gasteiger partial charge on any atom is 0.417 e. The van der Waals surface area contributed by atoms with Crippen LogP contribution in [0.4, 0.5) is 18.3 Å². The van der Waals surface area contributed by atoms with Crippen molar-refractivity contribution in [2.24, 2.45) is 0 Å². The zero-order valence-corrected chi connectivity index (χ0v) is 13.9. The third-order valence-electron chi connectivity index (χ3n) is 3.08. The van der Waals surface area contributed by atoms with Crippen LogP contribution in [0.25, 0.3) is 10.7 Å². The van der Waals surface area contributed by atoms with Crippen molar-refractivity contribution in [3.63, 3.8) is 0 Å². The van der Waals surface area contributed by atoms with Crippen LogP contribution in [0.15, 0.2) is 36.4 Å². The molecule has 0 radical (unpaired) electrons. The number of amides is 1. The molecule has 124 valence electrons. The van der Waals surface area contributed by atoms with Gasteiger partial charge >= 0.3 is 6.18 Å². The summed E-state index contributed by atoms with van der Waals surface area (Å²) < 4.78 is 43.0. The molecule has 0 fully saturated rings. The molecule has 2 heterocycles. The number of carbonyl (C=O) groups excluding carboxylic acids is 1. The van der Waals surface area contributed by atoms with Gasteiger partial charge in [0.25, 0.3) is 5.91 Å². The highest BCUT2D eigenvalue weighted by molar-refractivity contribution is 7.15. The highest BCUT2D eigenvalue weighted by atomic mass is 32.1. The molecule has 0 aliphatic rings. The van der Waals surface area contributed by atoms with Gasteiger partial charge in [-0.3, -0.25) is 10.1 Å². The number of halogens is 3. The van der Waals surface area contributed by atoms with E-state index < -0.39 is 23.2 Å². The lowest BCUT2D eigenvalue weighted by atomic mass is 10.1. The van der Waals surface area contributed by atoms with E-state index in [9.17, 15) is 18.0 Å². The van der Waals surface area contributed by atoms with Crippen molar-refractivity contribution in [1.82, 2.24) is 9.36 Å². The van der Waals surface area contributed by atoms with Crippen LogP contribution in [0.5, 0.6) is 0 Å². The fourth-order valence-corrected chi connectivity index (χ4v) is 3.46. The summed E-state index contributed by atoms with van der Waals surface area (Å²) in [7, 11) is 0. The Balaban J connectivity index is 1.83.